The minimum atomic E-state index is -1.72. The zero-order chi connectivity index (χ0) is 13.5. The number of amides is 1. The molecule has 0 aliphatic carbocycles. The lowest BCUT2D eigenvalue weighted by molar-refractivity contribution is -0.118. The maximum Gasteiger partial charge on any atom is 0.233 e. The standard InChI is InChI=1S/C11H15FN2O3S/c1-17-5-4-14-11(15)7-18(16)10-3-2-8(13)6-9(10)12/h2-3,6H,4-5,7,13H2,1H3,(H,14,15). The molecule has 0 radical (unpaired) electrons. The van der Waals surface area contributed by atoms with Crippen LogP contribution in [0.15, 0.2) is 23.1 Å². The van der Waals surface area contributed by atoms with Gasteiger partial charge in [-0.1, -0.05) is 0 Å². The molecule has 1 unspecified atom stereocenters. The van der Waals surface area contributed by atoms with Crippen LogP contribution in [-0.2, 0) is 20.3 Å². The number of nitrogens with one attached hydrogen (secondary N) is 1. The smallest absolute Gasteiger partial charge is 0.233 e. The predicted molar refractivity (Wildman–Crippen MR) is 67.0 cm³/mol. The number of hydrogen-bond donors (Lipinski definition) is 2. The van der Waals surface area contributed by atoms with Crippen LogP contribution in [0.25, 0.3) is 0 Å². The molecule has 1 amide bonds. The van der Waals surface area contributed by atoms with Crippen molar-refractivity contribution in [2.75, 3.05) is 31.7 Å². The summed E-state index contributed by atoms with van der Waals surface area (Å²) in [6, 6.07) is 3.85. The van der Waals surface area contributed by atoms with Crippen molar-refractivity contribution < 1.29 is 18.1 Å². The van der Waals surface area contributed by atoms with E-state index in [1.165, 1.54) is 19.2 Å². The molecule has 1 atom stereocenters. The van der Waals surface area contributed by atoms with Gasteiger partial charge in [0.15, 0.2) is 0 Å². The Bertz CT molecular complexity index is 454. The van der Waals surface area contributed by atoms with Crippen LogP contribution in [0.4, 0.5) is 10.1 Å². The molecule has 3 N–H and O–H groups in total. The molecule has 18 heavy (non-hydrogen) atoms. The second-order valence-electron chi connectivity index (χ2n) is 3.52. The predicted octanol–water partition coefficient (Wildman–Crippen LogP) is 0.278. The Labute approximate surface area is 107 Å². The molecule has 0 spiro atoms. The van der Waals surface area contributed by atoms with Crippen LogP contribution >= 0.6 is 0 Å². The van der Waals surface area contributed by atoms with Crippen LogP contribution in [-0.4, -0.2) is 36.1 Å². The quantitative estimate of drug-likeness (QED) is 0.576. The third kappa shape index (κ3) is 4.42. The van der Waals surface area contributed by atoms with E-state index < -0.39 is 22.5 Å². The molecule has 1 aromatic rings. The van der Waals surface area contributed by atoms with E-state index in [0.717, 1.165) is 6.07 Å². The van der Waals surface area contributed by atoms with Gasteiger partial charge in [0.1, 0.15) is 11.6 Å². The molecule has 1 rings (SSSR count). The maximum atomic E-state index is 13.4. The third-order valence-electron chi connectivity index (χ3n) is 2.09. The fourth-order valence-corrected chi connectivity index (χ4v) is 2.23. The number of carbonyl (C=O) groups is 1. The van der Waals surface area contributed by atoms with Crippen LogP contribution in [0.1, 0.15) is 0 Å². The summed E-state index contributed by atoms with van der Waals surface area (Å²) < 4.78 is 29.9. The van der Waals surface area contributed by atoms with E-state index in [2.05, 4.69) is 5.32 Å². The van der Waals surface area contributed by atoms with Gasteiger partial charge in [-0.2, -0.15) is 0 Å². The number of halogens is 1. The number of carbonyl (C=O) groups excluding carboxylic acids is 1. The molecule has 0 aliphatic rings. The summed E-state index contributed by atoms with van der Waals surface area (Å²) in [5.74, 6) is -1.37. The third-order valence-corrected chi connectivity index (χ3v) is 3.44. The van der Waals surface area contributed by atoms with Crippen molar-refractivity contribution in [1.29, 1.82) is 0 Å². The van der Waals surface area contributed by atoms with E-state index in [9.17, 15) is 13.4 Å². The van der Waals surface area contributed by atoms with Gasteiger partial charge in [-0.05, 0) is 18.2 Å². The summed E-state index contributed by atoms with van der Waals surface area (Å²) in [6.07, 6.45) is 0. The molecule has 0 aliphatic heterocycles. The molecular formula is C11H15FN2O3S. The van der Waals surface area contributed by atoms with E-state index in [1.807, 2.05) is 0 Å². The molecule has 0 saturated heterocycles. The number of nitrogens with two attached hydrogens (primary N) is 1. The molecule has 0 aromatic heterocycles. The van der Waals surface area contributed by atoms with Crippen molar-refractivity contribution in [3.63, 3.8) is 0 Å². The molecule has 0 bridgehead atoms. The van der Waals surface area contributed by atoms with Crippen LogP contribution < -0.4 is 11.1 Å². The molecule has 0 saturated carbocycles. The van der Waals surface area contributed by atoms with Gasteiger partial charge in [0.2, 0.25) is 5.91 Å². The molecule has 5 nitrogen and oxygen atoms in total. The first-order chi connectivity index (χ1) is 8.54. The van der Waals surface area contributed by atoms with Gasteiger partial charge in [-0.25, -0.2) is 4.39 Å². The minimum absolute atomic E-state index is 0.0221. The zero-order valence-electron chi connectivity index (χ0n) is 9.94. The number of hydrogen-bond acceptors (Lipinski definition) is 4. The van der Waals surface area contributed by atoms with Crippen molar-refractivity contribution in [2.45, 2.75) is 4.90 Å². The Morgan fingerprint density at radius 1 is 1.56 bits per heavy atom. The topological polar surface area (TPSA) is 81.4 Å². The normalized spacial score (nSPS) is 12.1. The van der Waals surface area contributed by atoms with E-state index in [-0.39, 0.29) is 16.3 Å². The van der Waals surface area contributed by atoms with E-state index in [1.54, 1.807) is 0 Å². The largest absolute Gasteiger partial charge is 0.399 e. The first kappa shape index (κ1) is 14.6. The van der Waals surface area contributed by atoms with Crippen molar-refractivity contribution in [2.24, 2.45) is 0 Å². The van der Waals surface area contributed by atoms with Gasteiger partial charge in [0.25, 0.3) is 0 Å². The average Bonchev–Trinajstić information content (AvgIpc) is 2.28. The number of rotatable bonds is 6. The Hall–Kier alpha value is -1.47. The molecule has 0 fully saturated rings. The molecular weight excluding hydrogens is 259 g/mol. The molecule has 100 valence electrons. The van der Waals surface area contributed by atoms with E-state index >= 15 is 0 Å². The zero-order valence-corrected chi connectivity index (χ0v) is 10.8. The van der Waals surface area contributed by atoms with Gasteiger partial charge < -0.3 is 15.8 Å². The Kier molecular flexibility index (Phi) is 5.73. The Morgan fingerprint density at radius 2 is 2.28 bits per heavy atom. The number of benzene rings is 1. The second-order valence-corrected chi connectivity index (χ2v) is 4.94. The summed E-state index contributed by atoms with van der Waals surface area (Å²) in [6.45, 7) is 0.700. The Balaban J connectivity index is 2.57. The molecule has 7 heteroatoms. The lowest BCUT2D eigenvalue weighted by Crippen LogP contribution is -2.31. The first-order valence-corrected chi connectivity index (χ1v) is 6.55. The number of nitrogen functional groups attached to an aromatic ring is 1. The van der Waals surface area contributed by atoms with Crippen molar-refractivity contribution in [3.05, 3.63) is 24.0 Å². The van der Waals surface area contributed by atoms with Crippen molar-refractivity contribution in [3.8, 4) is 0 Å². The van der Waals surface area contributed by atoms with Gasteiger partial charge >= 0.3 is 0 Å². The highest BCUT2D eigenvalue weighted by Gasteiger charge is 2.14. The van der Waals surface area contributed by atoms with Gasteiger partial charge in [0, 0.05) is 19.3 Å². The fraction of sp³-hybridized carbons (Fsp3) is 0.364. The summed E-state index contributed by atoms with van der Waals surface area (Å²) in [4.78, 5) is 11.4. The molecule has 1 aromatic carbocycles. The number of anilines is 1. The van der Waals surface area contributed by atoms with Crippen LogP contribution in [0.5, 0.6) is 0 Å². The van der Waals surface area contributed by atoms with E-state index in [0.29, 0.717) is 13.2 Å². The monoisotopic (exact) mass is 274 g/mol. The summed E-state index contributed by atoms with van der Waals surface area (Å²) in [5, 5.41) is 2.51. The van der Waals surface area contributed by atoms with Gasteiger partial charge in [-0.15, -0.1) is 0 Å². The maximum absolute atomic E-state index is 13.4. The number of ether oxygens (including phenoxy) is 1. The van der Waals surface area contributed by atoms with Crippen molar-refractivity contribution >= 4 is 22.4 Å². The molecule has 0 heterocycles. The lowest BCUT2D eigenvalue weighted by atomic mass is 10.3. The van der Waals surface area contributed by atoms with Gasteiger partial charge in [-0.3, -0.25) is 9.00 Å². The fourth-order valence-electron chi connectivity index (χ4n) is 1.24. The average molecular weight is 274 g/mol. The van der Waals surface area contributed by atoms with Crippen molar-refractivity contribution in [1.82, 2.24) is 5.32 Å². The SMILES string of the molecule is COCCNC(=O)CS(=O)c1ccc(N)cc1F. The second kappa shape index (κ2) is 7.07. The minimum Gasteiger partial charge on any atom is -0.399 e. The summed E-state index contributed by atoms with van der Waals surface area (Å²) >= 11 is 0. The lowest BCUT2D eigenvalue weighted by Gasteiger charge is -2.06. The highest BCUT2D eigenvalue weighted by Crippen LogP contribution is 2.15. The number of methoxy groups -OCH3 is 1. The highest BCUT2D eigenvalue weighted by atomic mass is 32.2. The highest BCUT2D eigenvalue weighted by molar-refractivity contribution is 7.85. The van der Waals surface area contributed by atoms with Crippen LogP contribution in [0.2, 0.25) is 0 Å². The first-order valence-electron chi connectivity index (χ1n) is 5.23. The Morgan fingerprint density at radius 3 is 2.89 bits per heavy atom. The van der Waals surface area contributed by atoms with Crippen LogP contribution in [0.3, 0.4) is 0 Å². The van der Waals surface area contributed by atoms with E-state index in [4.69, 9.17) is 10.5 Å². The van der Waals surface area contributed by atoms with Crippen LogP contribution in [0, 0.1) is 5.82 Å². The van der Waals surface area contributed by atoms with Gasteiger partial charge in [0.05, 0.1) is 22.3 Å². The summed E-state index contributed by atoms with van der Waals surface area (Å²) in [7, 11) is -0.214. The summed E-state index contributed by atoms with van der Waals surface area (Å²) in [5.41, 5.74) is 5.63.